The zero-order valence-electron chi connectivity index (χ0n) is 12.5. The topological polar surface area (TPSA) is 42.7 Å². The van der Waals surface area contributed by atoms with Crippen LogP contribution in [0.5, 0.6) is 0 Å². The molecule has 1 atom stereocenters. The Balaban J connectivity index is 2.26. The maximum atomic E-state index is 13.4. The molecule has 0 amide bonds. The van der Waals surface area contributed by atoms with Crippen molar-refractivity contribution >= 4 is 15.9 Å². The van der Waals surface area contributed by atoms with Gasteiger partial charge in [-0.25, -0.2) is 14.1 Å². The number of nitrogens with zero attached hydrogens (tertiary/aromatic N) is 3. The highest BCUT2D eigenvalue weighted by Gasteiger charge is 2.17. The van der Waals surface area contributed by atoms with E-state index in [1.165, 1.54) is 6.07 Å². The predicted octanol–water partition coefficient (Wildman–Crippen LogP) is 3.65. The van der Waals surface area contributed by atoms with Gasteiger partial charge >= 0.3 is 0 Å². The van der Waals surface area contributed by atoms with Gasteiger partial charge in [0.05, 0.1) is 4.47 Å². The number of halogens is 2. The lowest BCUT2D eigenvalue weighted by Gasteiger charge is -2.19. The Kier molecular flexibility index (Phi) is 5.47. The maximum absolute atomic E-state index is 13.4. The third-order valence-corrected chi connectivity index (χ3v) is 3.93. The van der Waals surface area contributed by atoms with Crippen LogP contribution in [0.15, 0.2) is 29.0 Å². The zero-order chi connectivity index (χ0) is 15.4. The standard InChI is InChI=1S/C15H20BrFN4/c1-4-18-14(11-5-6-13(17)12(16)7-11)8-15-19-9-20-21(15)10(2)3/h5-7,9-10,14,18H,4,8H2,1-3H3. The van der Waals surface area contributed by atoms with Crippen LogP contribution in [0.4, 0.5) is 4.39 Å². The maximum Gasteiger partial charge on any atom is 0.138 e. The van der Waals surface area contributed by atoms with Crippen molar-refractivity contribution in [2.24, 2.45) is 0 Å². The van der Waals surface area contributed by atoms with Gasteiger partial charge in [-0.2, -0.15) is 5.10 Å². The predicted molar refractivity (Wildman–Crippen MR) is 84.6 cm³/mol. The van der Waals surface area contributed by atoms with Crippen LogP contribution in [0, 0.1) is 5.82 Å². The minimum atomic E-state index is -0.251. The molecule has 114 valence electrons. The second-order valence-electron chi connectivity index (χ2n) is 5.20. The average molecular weight is 355 g/mol. The Bertz CT molecular complexity index is 597. The first-order valence-corrected chi connectivity index (χ1v) is 7.89. The van der Waals surface area contributed by atoms with Gasteiger partial charge in [-0.1, -0.05) is 13.0 Å². The number of benzene rings is 1. The second kappa shape index (κ2) is 7.13. The van der Waals surface area contributed by atoms with Crippen LogP contribution in [-0.4, -0.2) is 21.3 Å². The summed E-state index contributed by atoms with van der Waals surface area (Å²) in [6.07, 6.45) is 2.29. The van der Waals surface area contributed by atoms with E-state index in [2.05, 4.69) is 52.1 Å². The van der Waals surface area contributed by atoms with Crippen LogP contribution in [0.3, 0.4) is 0 Å². The van der Waals surface area contributed by atoms with Crippen LogP contribution in [0.2, 0.25) is 0 Å². The van der Waals surface area contributed by atoms with Crippen LogP contribution in [0.1, 0.15) is 44.2 Å². The molecule has 0 aliphatic carbocycles. The highest BCUT2D eigenvalue weighted by molar-refractivity contribution is 9.10. The quantitative estimate of drug-likeness (QED) is 0.860. The van der Waals surface area contributed by atoms with Crippen molar-refractivity contribution in [3.8, 4) is 0 Å². The molecule has 1 N–H and O–H groups in total. The van der Waals surface area contributed by atoms with Crippen LogP contribution in [-0.2, 0) is 6.42 Å². The van der Waals surface area contributed by atoms with E-state index in [4.69, 9.17) is 0 Å². The molecule has 2 aromatic rings. The molecule has 0 radical (unpaired) electrons. The summed E-state index contributed by atoms with van der Waals surface area (Å²) < 4.78 is 15.8. The van der Waals surface area contributed by atoms with Crippen LogP contribution < -0.4 is 5.32 Å². The summed E-state index contributed by atoms with van der Waals surface area (Å²) in [6, 6.07) is 5.46. The summed E-state index contributed by atoms with van der Waals surface area (Å²) in [4.78, 5) is 4.35. The normalized spacial score (nSPS) is 12.9. The highest BCUT2D eigenvalue weighted by atomic mass is 79.9. The summed E-state index contributed by atoms with van der Waals surface area (Å²) in [6.45, 7) is 7.04. The fourth-order valence-electron chi connectivity index (χ4n) is 2.32. The van der Waals surface area contributed by atoms with Crippen molar-refractivity contribution in [3.05, 3.63) is 46.2 Å². The molecule has 21 heavy (non-hydrogen) atoms. The summed E-state index contributed by atoms with van der Waals surface area (Å²) in [5, 5.41) is 7.69. The molecule has 2 rings (SSSR count). The Morgan fingerprint density at radius 1 is 1.38 bits per heavy atom. The van der Waals surface area contributed by atoms with Crippen molar-refractivity contribution in [2.75, 3.05) is 6.54 Å². The molecular weight excluding hydrogens is 335 g/mol. The van der Waals surface area contributed by atoms with Crippen LogP contribution in [0.25, 0.3) is 0 Å². The van der Waals surface area contributed by atoms with E-state index in [1.807, 2.05) is 16.8 Å². The van der Waals surface area contributed by atoms with Gasteiger partial charge in [0.1, 0.15) is 18.0 Å². The zero-order valence-corrected chi connectivity index (χ0v) is 14.1. The molecule has 1 aromatic heterocycles. The molecule has 0 aliphatic rings. The van der Waals surface area contributed by atoms with E-state index in [0.717, 1.165) is 17.9 Å². The highest BCUT2D eigenvalue weighted by Crippen LogP contribution is 2.24. The van der Waals surface area contributed by atoms with E-state index < -0.39 is 0 Å². The van der Waals surface area contributed by atoms with Gasteiger partial charge in [0.25, 0.3) is 0 Å². The van der Waals surface area contributed by atoms with Gasteiger partial charge in [-0.05, 0) is 54.0 Å². The first kappa shape index (κ1) is 16.1. The number of nitrogens with one attached hydrogen (secondary N) is 1. The van der Waals surface area contributed by atoms with Crippen molar-refractivity contribution in [1.29, 1.82) is 0 Å². The number of aromatic nitrogens is 3. The third kappa shape index (κ3) is 3.89. The van der Waals surface area contributed by atoms with Gasteiger partial charge in [-0.3, -0.25) is 0 Å². The Morgan fingerprint density at radius 2 is 2.14 bits per heavy atom. The van der Waals surface area contributed by atoms with Crippen molar-refractivity contribution in [1.82, 2.24) is 20.1 Å². The SMILES string of the molecule is CCNC(Cc1ncnn1C(C)C)c1ccc(F)c(Br)c1. The van der Waals surface area contributed by atoms with Crippen molar-refractivity contribution in [2.45, 2.75) is 39.3 Å². The van der Waals surface area contributed by atoms with E-state index in [1.54, 1.807) is 6.33 Å². The molecule has 0 spiro atoms. The molecule has 6 heteroatoms. The monoisotopic (exact) mass is 354 g/mol. The smallest absolute Gasteiger partial charge is 0.138 e. The van der Waals surface area contributed by atoms with E-state index >= 15 is 0 Å². The van der Waals surface area contributed by atoms with Gasteiger partial charge in [0.2, 0.25) is 0 Å². The Labute approximate surface area is 132 Å². The van der Waals surface area contributed by atoms with Crippen LogP contribution >= 0.6 is 15.9 Å². The fraction of sp³-hybridized carbons (Fsp3) is 0.467. The average Bonchev–Trinajstić information content (AvgIpc) is 2.90. The minimum absolute atomic E-state index is 0.0774. The molecule has 0 fully saturated rings. The van der Waals surface area contributed by atoms with Crippen molar-refractivity contribution < 1.29 is 4.39 Å². The Hall–Kier alpha value is -1.27. The largest absolute Gasteiger partial charge is 0.310 e. The molecule has 0 bridgehead atoms. The third-order valence-electron chi connectivity index (χ3n) is 3.32. The van der Waals surface area contributed by atoms with E-state index in [-0.39, 0.29) is 17.9 Å². The van der Waals surface area contributed by atoms with E-state index in [0.29, 0.717) is 10.9 Å². The summed E-state index contributed by atoms with van der Waals surface area (Å²) >= 11 is 3.25. The lowest BCUT2D eigenvalue weighted by Crippen LogP contribution is -2.25. The molecule has 1 unspecified atom stereocenters. The molecule has 0 aliphatic heterocycles. The van der Waals surface area contributed by atoms with Gasteiger partial charge in [0.15, 0.2) is 0 Å². The molecule has 1 aromatic carbocycles. The summed E-state index contributed by atoms with van der Waals surface area (Å²) in [7, 11) is 0. The molecule has 0 saturated carbocycles. The number of rotatable bonds is 6. The van der Waals surface area contributed by atoms with Gasteiger partial charge in [0, 0.05) is 18.5 Å². The lowest BCUT2D eigenvalue weighted by molar-refractivity contribution is 0.468. The first-order valence-electron chi connectivity index (χ1n) is 7.09. The molecule has 0 saturated heterocycles. The summed E-state index contributed by atoms with van der Waals surface area (Å²) in [5.74, 6) is 0.677. The number of hydrogen-bond acceptors (Lipinski definition) is 3. The Morgan fingerprint density at radius 3 is 2.76 bits per heavy atom. The summed E-state index contributed by atoms with van der Waals surface area (Å²) in [5.41, 5.74) is 1.03. The van der Waals surface area contributed by atoms with Gasteiger partial charge in [-0.15, -0.1) is 0 Å². The molecular formula is C15H20BrFN4. The second-order valence-corrected chi connectivity index (χ2v) is 6.06. The van der Waals surface area contributed by atoms with Crippen molar-refractivity contribution in [3.63, 3.8) is 0 Å². The lowest BCUT2D eigenvalue weighted by atomic mass is 10.0. The molecule has 4 nitrogen and oxygen atoms in total. The van der Waals surface area contributed by atoms with E-state index in [9.17, 15) is 4.39 Å². The fourth-order valence-corrected chi connectivity index (χ4v) is 2.71. The first-order chi connectivity index (χ1) is 10.0. The number of hydrogen-bond donors (Lipinski definition) is 1. The molecule has 1 heterocycles. The minimum Gasteiger partial charge on any atom is -0.310 e. The number of likely N-dealkylation sites (N-methyl/N-ethyl adjacent to an activating group) is 1. The van der Waals surface area contributed by atoms with Gasteiger partial charge < -0.3 is 5.32 Å².